The second kappa shape index (κ2) is 7.62. The van der Waals surface area contributed by atoms with Crippen molar-refractivity contribution in [2.45, 2.75) is 25.5 Å². The molecule has 1 fully saturated rings. The molecule has 0 bridgehead atoms. The molecule has 1 aliphatic heterocycles. The number of furan rings is 1. The van der Waals surface area contributed by atoms with Crippen molar-refractivity contribution in [1.29, 1.82) is 0 Å². The lowest BCUT2D eigenvalue weighted by Crippen LogP contribution is -2.42. The Morgan fingerprint density at radius 3 is 2.62 bits per heavy atom. The van der Waals surface area contributed by atoms with E-state index in [1.165, 1.54) is 0 Å². The van der Waals surface area contributed by atoms with Gasteiger partial charge in [0.15, 0.2) is 5.76 Å². The van der Waals surface area contributed by atoms with Crippen LogP contribution in [0.25, 0.3) is 11.0 Å². The van der Waals surface area contributed by atoms with Gasteiger partial charge in [-0.2, -0.15) is 0 Å². The van der Waals surface area contributed by atoms with E-state index in [0.29, 0.717) is 11.3 Å². The Hall–Kier alpha value is -2.79. The number of nitrogens with one attached hydrogen (secondary N) is 2. The third-order valence-corrected chi connectivity index (χ3v) is 4.71. The van der Waals surface area contributed by atoms with Crippen LogP contribution in [0.4, 0.5) is 0 Å². The van der Waals surface area contributed by atoms with Crippen LogP contribution >= 0.6 is 0 Å². The Labute approximate surface area is 152 Å². The number of benzene rings is 2. The molecular formula is C21H22N2O3. The van der Waals surface area contributed by atoms with Gasteiger partial charge in [-0.3, -0.25) is 4.79 Å². The Bertz CT molecular complexity index is 883. The summed E-state index contributed by atoms with van der Waals surface area (Å²) in [6, 6.07) is 17.5. The fraction of sp³-hybridized carbons (Fsp3) is 0.286. The molecular weight excluding hydrogens is 328 g/mol. The van der Waals surface area contributed by atoms with Crippen LogP contribution in [0.5, 0.6) is 5.75 Å². The monoisotopic (exact) mass is 350 g/mol. The third kappa shape index (κ3) is 3.58. The number of amides is 1. The van der Waals surface area contributed by atoms with Crippen molar-refractivity contribution in [3.05, 3.63) is 65.9 Å². The normalized spacial score (nSPS) is 15.1. The lowest BCUT2D eigenvalue weighted by molar-refractivity contribution is 0.0900. The maximum Gasteiger partial charge on any atom is 0.287 e. The van der Waals surface area contributed by atoms with Gasteiger partial charge in [-0.15, -0.1) is 0 Å². The molecule has 5 nitrogen and oxygen atoms in total. The van der Waals surface area contributed by atoms with E-state index in [1.54, 1.807) is 0 Å². The largest absolute Gasteiger partial charge is 0.489 e. The van der Waals surface area contributed by atoms with Crippen molar-refractivity contribution in [1.82, 2.24) is 10.6 Å². The quantitative estimate of drug-likeness (QED) is 0.739. The summed E-state index contributed by atoms with van der Waals surface area (Å²) in [7, 11) is 0. The lowest BCUT2D eigenvalue weighted by atomic mass is 10.1. The Morgan fingerprint density at radius 1 is 1.08 bits per heavy atom. The van der Waals surface area contributed by atoms with E-state index in [1.807, 2.05) is 54.6 Å². The second-order valence-corrected chi connectivity index (χ2v) is 6.51. The predicted octanol–water partition coefficient (Wildman–Crippen LogP) is 3.49. The summed E-state index contributed by atoms with van der Waals surface area (Å²) in [6.45, 7) is 2.14. The molecule has 0 aliphatic carbocycles. The molecule has 1 aromatic heterocycles. The maximum absolute atomic E-state index is 12.8. The zero-order valence-electron chi connectivity index (χ0n) is 14.5. The number of ether oxygens (including phenoxy) is 1. The van der Waals surface area contributed by atoms with Crippen LogP contribution in [0.1, 0.15) is 29.0 Å². The molecule has 2 N–H and O–H groups in total. The van der Waals surface area contributed by atoms with Crippen molar-refractivity contribution < 1.29 is 13.9 Å². The Morgan fingerprint density at radius 2 is 1.81 bits per heavy atom. The molecule has 2 aromatic carbocycles. The average molecular weight is 350 g/mol. The molecule has 3 aromatic rings. The Kier molecular flexibility index (Phi) is 4.88. The first-order chi connectivity index (χ1) is 12.8. The van der Waals surface area contributed by atoms with E-state index >= 15 is 0 Å². The SMILES string of the molecule is O=C(NC1CCNCC1)c1oc2ccccc2c1COc1ccccc1. The molecule has 1 aliphatic rings. The van der Waals surface area contributed by atoms with E-state index in [9.17, 15) is 4.79 Å². The van der Waals surface area contributed by atoms with Gasteiger partial charge in [-0.1, -0.05) is 36.4 Å². The summed E-state index contributed by atoms with van der Waals surface area (Å²) in [5.41, 5.74) is 1.49. The zero-order chi connectivity index (χ0) is 17.8. The van der Waals surface area contributed by atoms with Gasteiger partial charge in [-0.05, 0) is 44.1 Å². The molecule has 26 heavy (non-hydrogen) atoms. The number of hydrogen-bond acceptors (Lipinski definition) is 4. The standard InChI is InChI=1S/C21H22N2O3/c24-21(23-15-10-12-22-13-11-15)20-18(14-25-16-6-2-1-3-7-16)17-8-4-5-9-19(17)26-20/h1-9,15,22H,10-14H2,(H,23,24). The van der Waals surface area contributed by atoms with Crippen molar-refractivity contribution in [2.75, 3.05) is 13.1 Å². The highest BCUT2D eigenvalue weighted by Crippen LogP contribution is 2.27. The summed E-state index contributed by atoms with van der Waals surface area (Å²) in [6.07, 6.45) is 1.86. The van der Waals surface area contributed by atoms with Crippen molar-refractivity contribution >= 4 is 16.9 Å². The highest BCUT2D eigenvalue weighted by atomic mass is 16.5. The molecule has 2 heterocycles. The number of carbonyl (C=O) groups excluding carboxylic acids is 1. The second-order valence-electron chi connectivity index (χ2n) is 6.51. The number of para-hydroxylation sites is 2. The fourth-order valence-electron chi connectivity index (χ4n) is 3.31. The van der Waals surface area contributed by atoms with Crippen LogP contribution in [-0.4, -0.2) is 25.0 Å². The number of hydrogen-bond donors (Lipinski definition) is 2. The highest BCUT2D eigenvalue weighted by molar-refractivity contribution is 5.99. The summed E-state index contributed by atoms with van der Waals surface area (Å²) >= 11 is 0. The predicted molar refractivity (Wildman–Crippen MR) is 100 cm³/mol. The zero-order valence-corrected chi connectivity index (χ0v) is 14.5. The van der Waals surface area contributed by atoms with Gasteiger partial charge < -0.3 is 19.8 Å². The van der Waals surface area contributed by atoms with Gasteiger partial charge in [0.2, 0.25) is 0 Å². The summed E-state index contributed by atoms with van der Waals surface area (Å²) in [5, 5.41) is 7.33. The van der Waals surface area contributed by atoms with Crippen LogP contribution in [0.15, 0.2) is 59.0 Å². The van der Waals surface area contributed by atoms with Gasteiger partial charge in [0.05, 0.1) is 0 Å². The average Bonchev–Trinajstić information content (AvgIpc) is 3.07. The summed E-state index contributed by atoms with van der Waals surface area (Å²) in [5.74, 6) is 0.947. The van der Waals surface area contributed by atoms with Gasteiger partial charge in [-0.25, -0.2) is 0 Å². The molecule has 4 rings (SSSR count). The Balaban J connectivity index is 1.59. The van der Waals surface area contributed by atoms with Crippen LogP contribution < -0.4 is 15.4 Å². The maximum atomic E-state index is 12.8. The van der Waals surface area contributed by atoms with Gasteiger partial charge in [0.25, 0.3) is 5.91 Å². The number of rotatable bonds is 5. The number of piperidine rings is 1. The fourth-order valence-corrected chi connectivity index (χ4v) is 3.31. The first-order valence-electron chi connectivity index (χ1n) is 9.01. The molecule has 5 heteroatoms. The highest BCUT2D eigenvalue weighted by Gasteiger charge is 2.24. The van der Waals surface area contributed by atoms with Crippen LogP contribution in [0.3, 0.4) is 0 Å². The minimum Gasteiger partial charge on any atom is -0.489 e. The van der Waals surface area contributed by atoms with Crippen LogP contribution in [-0.2, 0) is 6.61 Å². The molecule has 0 spiro atoms. The van der Waals surface area contributed by atoms with Crippen LogP contribution in [0.2, 0.25) is 0 Å². The molecule has 134 valence electrons. The first kappa shape index (κ1) is 16.7. The van der Waals surface area contributed by atoms with Crippen LogP contribution in [0, 0.1) is 0 Å². The van der Waals surface area contributed by atoms with E-state index in [4.69, 9.17) is 9.15 Å². The van der Waals surface area contributed by atoms with E-state index in [-0.39, 0.29) is 18.6 Å². The molecule has 0 saturated carbocycles. The van der Waals surface area contributed by atoms with Gasteiger partial charge in [0, 0.05) is 17.0 Å². The van der Waals surface area contributed by atoms with Crippen molar-refractivity contribution in [3.8, 4) is 5.75 Å². The lowest BCUT2D eigenvalue weighted by Gasteiger charge is -2.23. The molecule has 0 atom stereocenters. The van der Waals surface area contributed by atoms with E-state index in [0.717, 1.165) is 42.6 Å². The molecule has 1 saturated heterocycles. The van der Waals surface area contributed by atoms with Crippen molar-refractivity contribution in [2.24, 2.45) is 0 Å². The third-order valence-electron chi connectivity index (χ3n) is 4.71. The van der Waals surface area contributed by atoms with E-state index < -0.39 is 0 Å². The van der Waals surface area contributed by atoms with E-state index in [2.05, 4.69) is 10.6 Å². The van der Waals surface area contributed by atoms with Crippen molar-refractivity contribution in [3.63, 3.8) is 0 Å². The molecule has 1 amide bonds. The number of carbonyl (C=O) groups is 1. The molecule has 0 radical (unpaired) electrons. The minimum atomic E-state index is -0.167. The first-order valence-corrected chi connectivity index (χ1v) is 9.01. The topological polar surface area (TPSA) is 63.5 Å². The summed E-state index contributed by atoms with van der Waals surface area (Å²) < 4.78 is 11.8. The van der Waals surface area contributed by atoms with Gasteiger partial charge >= 0.3 is 0 Å². The summed E-state index contributed by atoms with van der Waals surface area (Å²) in [4.78, 5) is 12.8. The smallest absolute Gasteiger partial charge is 0.287 e. The molecule has 0 unspecified atom stereocenters. The number of fused-ring (bicyclic) bond motifs is 1. The van der Waals surface area contributed by atoms with Gasteiger partial charge in [0.1, 0.15) is 17.9 Å². The minimum absolute atomic E-state index is 0.167.